The first-order chi connectivity index (χ1) is 8.75. The van der Waals surface area contributed by atoms with E-state index >= 15 is 0 Å². The van der Waals surface area contributed by atoms with Crippen molar-refractivity contribution in [3.05, 3.63) is 48.0 Å². The maximum absolute atomic E-state index is 2.45. The van der Waals surface area contributed by atoms with Crippen molar-refractivity contribution in [1.29, 1.82) is 0 Å². The quantitative estimate of drug-likeness (QED) is 0.413. The Balaban J connectivity index is 0.00000200. The Kier molecular flexibility index (Phi) is 5.81. The Morgan fingerprint density at radius 3 is 2.10 bits per heavy atom. The number of halogens is 1. The highest BCUT2D eigenvalue weighted by Crippen LogP contribution is 2.19. The lowest BCUT2D eigenvalue weighted by Crippen LogP contribution is -3.00. The largest absolute Gasteiger partial charge is 1.00 e. The number of benzene rings is 2. The lowest BCUT2D eigenvalue weighted by atomic mass is 10.1. The maximum atomic E-state index is 2.45. The molecule has 0 aliphatic heterocycles. The number of fused-ring (bicyclic) bond motifs is 1. The van der Waals surface area contributed by atoms with E-state index in [4.69, 9.17) is 0 Å². The molecule has 0 aliphatic carbocycles. The third kappa shape index (κ3) is 5.18. The molecule has 2 aromatic rings. The smallest absolute Gasteiger partial charge is 0.110 e. The van der Waals surface area contributed by atoms with Crippen LogP contribution < -0.4 is 24.0 Å². The number of rotatable bonds is 4. The van der Waals surface area contributed by atoms with Gasteiger partial charge in [0.2, 0.25) is 0 Å². The van der Waals surface area contributed by atoms with Crippen LogP contribution in [0.3, 0.4) is 0 Å². The standard InChI is InChI=1S/C17H26NSi.HI/c1-18(2,14-19(3,4)5)13-15-10-11-16-8-6-7-9-17(16)12-15;/h6-12H,13-14H2,1-5H3;1H/q+1;/p-1. The van der Waals surface area contributed by atoms with Gasteiger partial charge in [-0.25, -0.2) is 0 Å². The number of nitrogens with zero attached hydrogens (tertiary/aromatic N) is 1. The molecule has 110 valence electrons. The van der Waals surface area contributed by atoms with Crippen LogP contribution >= 0.6 is 0 Å². The normalized spacial score (nSPS) is 12.2. The SMILES string of the molecule is C[N+](C)(Cc1ccc2ccccc2c1)C[Si](C)(C)C.[I-]. The minimum atomic E-state index is -1.03. The van der Waals surface area contributed by atoms with Crippen LogP contribution in [0.25, 0.3) is 10.8 Å². The number of hydrogen-bond acceptors (Lipinski definition) is 0. The van der Waals surface area contributed by atoms with Crippen LogP contribution in [0, 0.1) is 0 Å². The van der Waals surface area contributed by atoms with E-state index in [0.29, 0.717) is 0 Å². The number of quaternary nitrogens is 1. The second-order valence-electron chi connectivity index (χ2n) is 7.49. The second kappa shape index (κ2) is 6.58. The zero-order chi connectivity index (χ0) is 14.1. The fourth-order valence-corrected chi connectivity index (χ4v) is 5.85. The van der Waals surface area contributed by atoms with Crippen LogP contribution in [0.5, 0.6) is 0 Å². The molecule has 0 N–H and O–H groups in total. The van der Waals surface area contributed by atoms with Crippen molar-refractivity contribution in [2.24, 2.45) is 0 Å². The summed E-state index contributed by atoms with van der Waals surface area (Å²) < 4.78 is 1.09. The van der Waals surface area contributed by atoms with E-state index in [2.05, 4.69) is 76.2 Å². The summed E-state index contributed by atoms with van der Waals surface area (Å²) in [6, 6.07) is 15.5. The molecule has 0 heterocycles. The molecule has 0 radical (unpaired) electrons. The lowest BCUT2D eigenvalue weighted by Gasteiger charge is -2.35. The summed E-state index contributed by atoms with van der Waals surface area (Å²) in [4.78, 5) is 0. The summed E-state index contributed by atoms with van der Waals surface area (Å²) in [5.74, 6) is 0. The summed E-state index contributed by atoms with van der Waals surface area (Å²) in [6.07, 6.45) is 1.32. The first kappa shape index (κ1) is 17.7. The van der Waals surface area contributed by atoms with Gasteiger partial charge in [0.1, 0.15) is 14.6 Å². The highest BCUT2D eigenvalue weighted by molar-refractivity contribution is 6.75. The van der Waals surface area contributed by atoms with E-state index in [1.54, 1.807) is 0 Å². The van der Waals surface area contributed by atoms with Crippen LogP contribution in [-0.4, -0.2) is 32.8 Å². The molecule has 0 amide bonds. The monoisotopic (exact) mass is 399 g/mol. The molecule has 0 aromatic heterocycles. The van der Waals surface area contributed by atoms with Crippen LogP contribution in [0.15, 0.2) is 42.5 Å². The molecule has 0 saturated heterocycles. The van der Waals surface area contributed by atoms with Gasteiger partial charge in [-0.1, -0.05) is 56.0 Å². The molecule has 1 nitrogen and oxygen atoms in total. The van der Waals surface area contributed by atoms with Gasteiger partial charge in [-0.3, -0.25) is 0 Å². The van der Waals surface area contributed by atoms with Crippen LogP contribution in [0.4, 0.5) is 0 Å². The van der Waals surface area contributed by atoms with Crippen molar-refractivity contribution in [1.82, 2.24) is 0 Å². The molecule has 20 heavy (non-hydrogen) atoms. The Bertz CT molecular complexity index is 572. The molecule has 0 fully saturated rings. The lowest BCUT2D eigenvalue weighted by molar-refractivity contribution is -0.894. The third-order valence-electron chi connectivity index (χ3n) is 3.33. The molecule has 0 atom stereocenters. The fraction of sp³-hybridized carbons (Fsp3) is 0.412. The minimum Gasteiger partial charge on any atom is -1.00 e. The van der Waals surface area contributed by atoms with Crippen molar-refractivity contribution in [2.45, 2.75) is 26.2 Å². The molecular formula is C17H26INSi. The van der Waals surface area contributed by atoms with E-state index in [9.17, 15) is 0 Å². The van der Waals surface area contributed by atoms with E-state index in [1.165, 1.54) is 22.5 Å². The minimum absolute atomic E-state index is 0. The summed E-state index contributed by atoms with van der Waals surface area (Å²) >= 11 is 0. The fourth-order valence-electron chi connectivity index (χ4n) is 3.17. The summed E-state index contributed by atoms with van der Waals surface area (Å²) in [5, 5.41) is 2.69. The van der Waals surface area contributed by atoms with Gasteiger partial charge in [0.15, 0.2) is 0 Å². The highest BCUT2D eigenvalue weighted by Gasteiger charge is 2.26. The van der Waals surface area contributed by atoms with Gasteiger partial charge in [0.05, 0.1) is 20.3 Å². The van der Waals surface area contributed by atoms with Gasteiger partial charge in [-0.05, 0) is 16.8 Å². The predicted molar refractivity (Wildman–Crippen MR) is 88.0 cm³/mol. The van der Waals surface area contributed by atoms with Crippen molar-refractivity contribution >= 4 is 18.8 Å². The summed E-state index contributed by atoms with van der Waals surface area (Å²) in [5.41, 5.74) is 1.45. The highest BCUT2D eigenvalue weighted by atomic mass is 127. The Morgan fingerprint density at radius 2 is 1.50 bits per heavy atom. The molecule has 0 spiro atoms. The molecule has 2 aromatic carbocycles. The number of hydrogen-bond donors (Lipinski definition) is 0. The summed E-state index contributed by atoms with van der Waals surface area (Å²) in [7, 11) is 3.68. The Hall–Kier alpha value is -0.393. The zero-order valence-electron chi connectivity index (χ0n) is 13.3. The van der Waals surface area contributed by atoms with Gasteiger partial charge in [0.25, 0.3) is 0 Å². The van der Waals surface area contributed by atoms with E-state index in [0.717, 1.165) is 11.0 Å². The van der Waals surface area contributed by atoms with Gasteiger partial charge in [0, 0.05) is 5.56 Å². The zero-order valence-corrected chi connectivity index (χ0v) is 16.4. The van der Waals surface area contributed by atoms with Crippen LogP contribution in [-0.2, 0) is 6.54 Å². The Labute approximate surface area is 141 Å². The molecular weight excluding hydrogens is 373 g/mol. The van der Waals surface area contributed by atoms with Gasteiger partial charge >= 0.3 is 0 Å². The average molecular weight is 399 g/mol. The van der Waals surface area contributed by atoms with Crippen LogP contribution in [0.2, 0.25) is 19.6 Å². The van der Waals surface area contributed by atoms with E-state index in [1.807, 2.05) is 0 Å². The second-order valence-corrected chi connectivity index (χ2v) is 12.9. The average Bonchev–Trinajstić information content (AvgIpc) is 2.24. The van der Waals surface area contributed by atoms with Crippen LogP contribution in [0.1, 0.15) is 5.56 Å². The van der Waals surface area contributed by atoms with Crippen molar-refractivity contribution in [2.75, 3.05) is 20.3 Å². The van der Waals surface area contributed by atoms with Crippen molar-refractivity contribution < 1.29 is 28.5 Å². The molecule has 0 saturated carbocycles. The summed E-state index contributed by atoms with van der Waals surface area (Å²) in [6.45, 7) is 8.48. The predicted octanol–water partition coefficient (Wildman–Crippen LogP) is 1.30. The first-order valence-electron chi connectivity index (χ1n) is 7.05. The van der Waals surface area contributed by atoms with Gasteiger partial charge < -0.3 is 28.5 Å². The molecule has 0 unspecified atom stereocenters. The molecule has 0 bridgehead atoms. The van der Waals surface area contributed by atoms with Crippen molar-refractivity contribution in [3.63, 3.8) is 0 Å². The van der Waals surface area contributed by atoms with E-state index < -0.39 is 8.07 Å². The van der Waals surface area contributed by atoms with Gasteiger partial charge in [-0.2, -0.15) is 0 Å². The van der Waals surface area contributed by atoms with Gasteiger partial charge in [-0.15, -0.1) is 0 Å². The molecule has 2 rings (SSSR count). The third-order valence-corrected chi connectivity index (χ3v) is 5.13. The topological polar surface area (TPSA) is 0 Å². The first-order valence-corrected chi connectivity index (χ1v) is 10.8. The Morgan fingerprint density at radius 1 is 0.900 bits per heavy atom. The van der Waals surface area contributed by atoms with Crippen molar-refractivity contribution in [3.8, 4) is 0 Å². The molecule has 0 aliphatic rings. The maximum Gasteiger partial charge on any atom is 0.110 e. The van der Waals surface area contributed by atoms with E-state index in [-0.39, 0.29) is 24.0 Å². The molecule has 3 heteroatoms.